The molecule has 2 saturated heterocycles. The molecule has 4 heterocycles. The van der Waals surface area contributed by atoms with Crippen LogP contribution in [0, 0.1) is 5.82 Å². The summed E-state index contributed by atoms with van der Waals surface area (Å²) in [5.74, 6) is -1.09. The third-order valence-corrected chi connectivity index (χ3v) is 7.28. The molecule has 5 rings (SSSR count). The van der Waals surface area contributed by atoms with E-state index in [1.54, 1.807) is 15.9 Å². The number of benzene rings is 1. The summed E-state index contributed by atoms with van der Waals surface area (Å²) in [6.07, 6.45) is 3.00. The Morgan fingerprint density at radius 3 is 2.57 bits per heavy atom. The number of aromatic amines is 1. The van der Waals surface area contributed by atoms with Crippen molar-refractivity contribution in [3.63, 3.8) is 0 Å². The van der Waals surface area contributed by atoms with Crippen LogP contribution in [0.15, 0.2) is 35.3 Å². The van der Waals surface area contributed by atoms with Crippen molar-refractivity contribution in [2.45, 2.75) is 25.4 Å². The highest BCUT2D eigenvalue weighted by molar-refractivity contribution is 6.42. The van der Waals surface area contributed by atoms with Gasteiger partial charge in [0.15, 0.2) is 0 Å². The summed E-state index contributed by atoms with van der Waals surface area (Å²) in [6.45, 7) is 2.00. The summed E-state index contributed by atoms with van der Waals surface area (Å²) in [5, 5.41) is 0.452. The highest BCUT2D eigenvalue weighted by atomic mass is 35.5. The first-order valence-corrected chi connectivity index (χ1v) is 12.1. The molecule has 1 unspecified atom stereocenters. The molecule has 2 aliphatic heterocycles. The van der Waals surface area contributed by atoms with Gasteiger partial charge in [0.05, 0.1) is 10.6 Å². The van der Waals surface area contributed by atoms with Gasteiger partial charge in [0.2, 0.25) is 0 Å². The van der Waals surface area contributed by atoms with E-state index in [9.17, 15) is 18.8 Å². The number of ether oxygens (including phenoxy) is 1. The fourth-order valence-corrected chi connectivity index (χ4v) is 5.10. The van der Waals surface area contributed by atoms with E-state index < -0.39 is 17.8 Å². The number of carbonyl (C=O) groups is 2. The SMILES string of the molecule is O=C(c1cc(Cc2c[nH]c(=O)c3cc(Cl)c(Cl)n23)ccc1F)N1CCN(C(=O)C2CCCO2)CC1. The molecule has 1 atom stereocenters. The van der Waals surface area contributed by atoms with Crippen LogP contribution >= 0.6 is 23.2 Å². The van der Waals surface area contributed by atoms with E-state index in [4.69, 9.17) is 27.9 Å². The number of rotatable bonds is 4. The molecule has 1 N–H and O–H groups in total. The van der Waals surface area contributed by atoms with E-state index in [2.05, 4.69) is 4.98 Å². The van der Waals surface area contributed by atoms with E-state index in [0.29, 0.717) is 49.6 Å². The van der Waals surface area contributed by atoms with E-state index >= 15 is 0 Å². The molecule has 0 bridgehead atoms. The minimum absolute atomic E-state index is 0.0428. The van der Waals surface area contributed by atoms with Crippen LogP contribution in [0.5, 0.6) is 0 Å². The van der Waals surface area contributed by atoms with Gasteiger partial charge >= 0.3 is 0 Å². The number of halogens is 3. The first-order chi connectivity index (χ1) is 16.8. The van der Waals surface area contributed by atoms with Crippen LogP contribution in [0.1, 0.15) is 34.5 Å². The summed E-state index contributed by atoms with van der Waals surface area (Å²) in [6, 6.07) is 5.83. The quantitative estimate of drug-likeness (QED) is 0.572. The van der Waals surface area contributed by atoms with E-state index in [0.717, 1.165) is 12.8 Å². The van der Waals surface area contributed by atoms with Gasteiger partial charge in [-0.1, -0.05) is 29.3 Å². The zero-order valence-electron chi connectivity index (χ0n) is 18.7. The van der Waals surface area contributed by atoms with Crippen LogP contribution in [0.3, 0.4) is 0 Å². The van der Waals surface area contributed by atoms with E-state index in [1.807, 2.05) is 0 Å². The number of nitrogens with zero attached hydrogens (tertiary/aromatic N) is 3. The zero-order chi connectivity index (χ0) is 24.7. The average molecular weight is 521 g/mol. The smallest absolute Gasteiger partial charge is 0.272 e. The second-order valence-electron chi connectivity index (χ2n) is 8.72. The molecule has 0 spiro atoms. The summed E-state index contributed by atoms with van der Waals surface area (Å²) in [4.78, 5) is 43.7. The minimum Gasteiger partial charge on any atom is -0.368 e. The highest BCUT2D eigenvalue weighted by Gasteiger charge is 2.32. The minimum atomic E-state index is -0.620. The number of nitrogens with one attached hydrogen (secondary N) is 1. The van der Waals surface area contributed by atoms with E-state index in [-0.39, 0.29) is 33.6 Å². The standard InChI is InChI=1S/C24H23Cl2FN4O4/c25-17-12-19-22(32)28-13-15(31(19)21(17)26)10-14-3-4-18(27)16(11-14)23(33)29-5-7-30(8-6-29)24(34)20-2-1-9-35-20/h3-4,11-13,20H,1-2,5-10H2,(H,28,32). The fourth-order valence-electron chi connectivity index (χ4n) is 4.65. The Morgan fingerprint density at radius 2 is 1.86 bits per heavy atom. The molecule has 35 heavy (non-hydrogen) atoms. The number of hydrogen-bond acceptors (Lipinski definition) is 4. The Balaban J connectivity index is 1.33. The predicted octanol–water partition coefficient (Wildman–Crippen LogP) is 3.13. The van der Waals surface area contributed by atoms with Crippen molar-refractivity contribution in [1.82, 2.24) is 19.2 Å². The average Bonchev–Trinajstić information content (AvgIpc) is 3.51. The molecule has 11 heteroatoms. The van der Waals surface area contributed by atoms with Crippen LogP contribution in [-0.4, -0.2) is 69.9 Å². The molecule has 2 amide bonds. The van der Waals surface area contributed by atoms with Gasteiger partial charge in [-0.15, -0.1) is 0 Å². The molecule has 2 aliphatic rings. The highest BCUT2D eigenvalue weighted by Crippen LogP contribution is 2.27. The van der Waals surface area contributed by atoms with Gasteiger partial charge < -0.3 is 19.5 Å². The van der Waals surface area contributed by atoms with Crippen molar-refractivity contribution in [3.05, 3.63) is 73.6 Å². The van der Waals surface area contributed by atoms with Gasteiger partial charge in [0.25, 0.3) is 17.4 Å². The normalized spacial score (nSPS) is 18.4. The second kappa shape index (κ2) is 9.64. The molecule has 184 valence electrons. The van der Waals surface area contributed by atoms with Gasteiger partial charge in [-0.2, -0.15) is 0 Å². The maximum Gasteiger partial charge on any atom is 0.272 e. The van der Waals surface area contributed by atoms with Crippen molar-refractivity contribution in [3.8, 4) is 0 Å². The largest absolute Gasteiger partial charge is 0.368 e. The Labute approximate surface area is 210 Å². The lowest BCUT2D eigenvalue weighted by Crippen LogP contribution is -2.52. The maximum atomic E-state index is 14.7. The predicted molar refractivity (Wildman–Crippen MR) is 129 cm³/mol. The molecule has 8 nitrogen and oxygen atoms in total. The van der Waals surface area contributed by atoms with Crippen molar-refractivity contribution >= 4 is 40.5 Å². The third kappa shape index (κ3) is 4.55. The van der Waals surface area contributed by atoms with Crippen molar-refractivity contribution < 1.29 is 18.7 Å². The summed E-state index contributed by atoms with van der Waals surface area (Å²) >= 11 is 12.4. The fraction of sp³-hybridized carbons (Fsp3) is 0.375. The third-order valence-electron chi connectivity index (χ3n) is 6.52. The summed E-state index contributed by atoms with van der Waals surface area (Å²) in [7, 11) is 0. The van der Waals surface area contributed by atoms with Gasteiger partial charge in [0, 0.05) is 51.1 Å². The summed E-state index contributed by atoms with van der Waals surface area (Å²) in [5.41, 5.74) is 1.21. The monoisotopic (exact) mass is 520 g/mol. The van der Waals surface area contributed by atoms with E-state index in [1.165, 1.54) is 28.8 Å². The maximum absolute atomic E-state index is 14.7. The molecule has 0 radical (unpaired) electrons. The molecular weight excluding hydrogens is 498 g/mol. The first kappa shape index (κ1) is 23.8. The van der Waals surface area contributed by atoms with Crippen LogP contribution in [0.2, 0.25) is 10.2 Å². The molecule has 3 aromatic rings. The van der Waals surface area contributed by atoms with Crippen LogP contribution in [0.25, 0.3) is 5.52 Å². The Kier molecular flexibility index (Phi) is 6.57. The first-order valence-electron chi connectivity index (χ1n) is 11.4. The number of aromatic nitrogens is 2. The lowest BCUT2D eigenvalue weighted by atomic mass is 10.0. The molecule has 0 aliphatic carbocycles. The molecular formula is C24H23Cl2FN4O4. The van der Waals surface area contributed by atoms with Crippen molar-refractivity contribution in [2.75, 3.05) is 32.8 Å². The van der Waals surface area contributed by atoms with Gasteiger partial charge in [-0.05, 0) is 36.6 Å². The number of H-pyrrole nitrogens is 1. The number of carbonyl (C=O) groups excluding carboxylic acids is 2. The van der Waals surface area contributed by atoms with Gasteiger partial charge in [0.1, 0.15) is 22.6 Å². The van der Waals surface area contributed by atoms with Crippen LogP contribution in [-0.2, 0) is 16.0 Å². The number of amides is 2. The number of fused-ring (bicyclic) bond motifs is 1. The van der Waals surface area contributed by atoms with Crippen LogP contribution < -0.4 is 5.56 Å². The lowest BCUT2D eigenvalue weighted by Gasteiger charge is -2.35. The van der Waals surface area contributed by atoms with Crippen molar-refractivity contribution in [1.29, 1.82) is 0 Å². The van der Waals surface area contributed by atoms with Crippen molar-refractivity contribution in [2.24, 2.45) is 0 Å². The van der Waals surface area contributed by atoms with Gasteiger partial charge in [-0.25, -0.2) is 4.39 Å². The molecule has 2 aromatic heterocycles. The Morgan fingerprint density at radius 1 is 1.11 bits per heavy atom. The topological polar surface area (TPSA) is 87.1 Å². The van der Waals surface area contributed by atoms with Gasteiger partial charge in [-0.3, -0.25) is 18.8 Å². The number of piperazine rings is 1. The Bertz CT molecular complexity index is 1360. The molecule has 2 fully saturated rings. The Hall–Kier alpha value is -2.88. The lowest BCUT2D eigenvalue weighted by molar-refractivity contribution is -0.142. The zero-order valence-corrected chi connectivity index (χ0v) is 20.2. The van der Waals surface area contributed by atoms with Crippen LogP contribution in [0.4, 0.5) is 4.39 Å². The summed E-state index contributed by atoms with van der Waals surface area (Å²) < 4.78 is 21.7. The number of hydrogen-bond donors (Lipinski definition) is 1. The second-order valence-corrected chi connectivity index (χ2v) is 9.49. The molecule has 0 saturated carbocycles. The molecule has 1 aromatic carbocycles.